The molecule has 1 aliphatic rings. The molecule has 1 aromatic heterocycles. The maximum Gasteiger partial charge on any atom is 0.133 e. The van der Waals surface area contributed by atoms with Crippen LogP contribution in [0.4, 0.5) is 0 Å². The lowest BCUT2D eigenvalue weighted by atomic mass is 10.2. The summed E-state index contributed by atoms with van der Waals surface area (Å²) in [4.78, 5) is 6.60. The molecule has 2 heterocycles. The van der Waals surface area contributed by atoms with Gasteiger partial charge in [-0.25, -0.2) is 0 Å². The molecule has 1 unspecified atom stereocenters. The van der Waals surface area contributed by atoms with Crippen LogP contribution in [0.15, 0.2) is 18.3 Å². The summed E-state index contributed by atoms with van der Waals surface area (Å²) in [6.45, 7) is 5.88. The Morgan fingerprint density at radius 2 is 2.41 bits per heavy atom. The summed E-state index contributed by atoms with van der Waals surface area (Å²) < 4.78 is 5.74. The zero-order valence-corrected chi connectivity index (χ0v) is 10.3. The molecule has 0 amide bonds. The van der Waals surface area contributed by atoms with E-state index in [1.165, 1.54) is 6.20 Å². The second-order valence-corrected chi connectivity index (χ2v) is 4.50. The second-order valence-electron chi connectivity index (χ2n) is 4.50. The molecule has 0 saturated carbocycles. The number of ether oxygens (including phenoxy) is 1. The Morgan fingerprint density at radius 3 is 3.12 bits per heavy atom. The van der Waals surface area contributed by atoms with Gasteiger partial charge in [-0.05, 0) is 25.0 Å². The van der Waals surface area contributed by atoms with Crippen LogP contribution in [0.1, 0.15) is 25.5 Å². The quantitative estimate of drug-likeness (QED) is 0.869. The zero-order chi connectivity index (χ0) is 12.1. The van der Waals surface area contributed by atoms with Gasteiger partial charge in [0.1, 0.15) is 5.75 Å². The Kier molecular flexibility index (Phi) is 4.34. The van der Waals surface area contributed by atoms with Crippen molar-refractivity contribution in [2.24, 2.45) is 0 Å². The van der Waals surface area contributed by atoms with Gasteiger partial charge in [0.05, 0.1) is 18.0 Å². The minimum atomic E-state index is 0.222. The molecule has 4 nitrogen and oxygen atoms in total. The molecular weight excluding hydrogens is 216 g/mol. The van der Waals surface area contributed by atoms with Crippen molar-refractivity contribution in [2.45, 2.75) is 32.4 Å². The summed E-state index contributed by atoms with van der Waals surface area (Å²) >= 11 is 0. The summed E-state index contributed by atoms with van der Waals surface area (Å²) in [6.07, 6.45) is 3.98. The van der Waals surface area contributed by atoms with Gasteiger partial charge in [-0.3, -0.25) is 9.88 Å². The highest BCUT2D eigenvalue weighted by molar-refractivity contribution is 5.17. The largest absolute Gasteiger partial charge is 0.506 e. The number of pyridine rings is 1. The van der Waals surface area contributed by atoms with E-state index in [0.717, 1.165) is 44.8 Å². The average molecular weight is 236 g/mol. The molecule has 4 heteroatoms. The van der Waals surface area contributed by atoms with Gasteiger partial charge in [0.15, 0.2) is 0 Å². The van der Waals surface area contributed by atoms with Crippen LogP contribution in [0.3, 0.4) is 0 Å². The summed E-state index contributed by atoms with van der Waals surface area (Å²) in [7, 11) is 0. The SMILES string of the molecule is CCC1CN(Cc2ccc(O)cn2)CCCO1. The van der Waals surface area contributed by atoms with Crippen LogP contribution in [-0.4, -0.2) is 40.8 Å². The first kappa shape index (κ1) is 12.3. The topological polar surface area (TPSA) is 45.6 Å². The van der Waals surface area contributed by atoms with Crippen molar-refractivity contribution >= 4 is 0 Å². The van der Waals surface area contributed by atoms with E-state index in [1.807, 2.05) is 6.07 Å². The molecule has 1 saturated heterocycles. The lowest BCUT2D eigenvalue weighted by molar-refractivity contribution is 0.0508. The monoisotopic (exact) mass is 236 g/mol. The molecule has 0 bridgehead atoms. The normalized spacial score (nSPS) is 22.3. The fraction of sp³-hybridized carbons (Fsp3) is 0.615. The van der Waals surface area contributed by atoms with E-state index in [1.54, 1.807) is 6.07 Å². The van der Waals surface area contributed by atoms with Gasteiger partial charge < -0.3 is 9.84 Å². The number of hydrogen-bond acceptors (Lipinski definition) is 4. The second kappa shape index (κ2) is 5.98. The van der Waals surface area contributed by atoms with Gasteiger partial charge >= 0.3 is 0 Å². The van der Waals surface area contributed by atoms with E-state index in [-0.39, 0.29) is 5.75 Å². The van der Waals surface area contributed by atoms with Crippen molar-refractivity contribution < 1.29 is 9.84 Å². The van der Waals surface area contributed by atoms with Crippen molar-refractivity contribution in [3.63, 3.8) is 0 Å². The van der Waals surface area contributed by atoms with Crippen molar-refractivity contribution in [2.75, 3.05) is 19.7 Å². The number of hydrogen-bond donors (Lipinski definition) is 1. The molecule has 1 fully saturated rings. The maximum atomic E-state index is 9.19. The smallest absolute Gasteiger partial charge is 0.133 e. The number of aromatic nitrogens is 1. The first-order chi connectivity index (χ1) is 8.28. The Bertz CT molecular complexity index is 340. The molecule has 0 spiro atoms. The van der Waals surface area contributed by atoms with Crippen LogP contribution in [0, 0.1) is 0 Å². The van der Waals surface area contributed by atoms with Gasteiger partial charge in [-0.1, -0.05) is 6.92 Å². The number of rotatable bonds is 3. The predicted octanol–water partition coefficient (Wildman–Crippen LogP) is 1.79. The fourth-order valence-corrected chi connectivity index (χ4v) is 2.10. The van der Waals surface area contributed by atoms with Gasteiger partial charge in [-0.15, -0.1) is 0 Å². The molecule has 94 valence electrons. The van der Waals surface area contributed by atoms with Crippen LogP contribution < -0.4 is 0 Å². The van der Waals surface area contributed by atoms with Crippen LogP contribution in [-0.2, 0) is 11.3 Å². The molecule has 1 aliphatic heterocycles. The van der Waals surface area contributed by atoms with E-state index in [9.17, 15) is 5.11 Å². The third kappa shape index (κ3) is 3.68. The Hall–Kier alpha value is -1.13. The van der Waals surface area contributed by atoms with E-state index >= 15 is 0 Å². The van der Waals surface area contributed by atoms with Crippen LogP contribution in [0.25, 0.3) is 0 Å². The number of nitrogens with zero attached hydrogens (tertiary/aromatic N) is 2. The van der Waals surface area contributed by atoms with Crippen molar-refractivity contribution in [1.82, 2.24) is 9.88 Å². The highest BCUT2D eigenvalue weighted by Crippen LogP contribution is 2.13. The minimum Gasteiger partial charge on any atom is -0.506 e. The highest BCUT2D eigenvalue weighted by atomic mass is 16.5. The van der Waals surface area contributed by atoms with E-state index < -0.39 is 0 Å². The first-order valence-electron chi connectivity index (χ1n) is 6.25. The summed E-state index contributed by atoms with van der Waals surface area (Å²) in [6, 6.07) is 3.57. The first-order valence-corrected chi connectivity index (χ1v) is 6.25. The lowest BCUT2D eigenvalue weighted by Gasteiger charge is -2.22. The molecule has 17 heavy (non-hydrogen) atoms. The predicted molar refractivity (Wildman–Crippen MR) is 65.8 cm³/mol. The van der Waals surface area contributed by atoms with Crippen molar-refractivity contribution in [3.8, 4) is 5.75 Å². The standard InChI is InChI=1S/C13H20N2O2/c1-2-13-10-15(6-3-7-17-13)9-11-4-5-12(16)8-14-11/h4-5,8,13,16H,2-3,6-7,9-10H2,1H3. The maximum absolute atomic E-state index is 9.19. The molecule has 2 rings (SSSR count). The molecule has 0 radical (unpaired) electrons. The van der Waals surface area contributed by atoms with E-state index in [4.69, 9.17) is 4.74 Å². The Labute approximate surface area is 102 Å². The fourth-order valence-electron chi connectivity index (χ4n) is 2.10. The Morgan fingerprint density at radius 1 is 1.53 bits per heavy atom. The van der Waals surface area contributed by atoms with Crippen LogP contribution in [0.5, 0.6) is 5.75 Å². The molecule has 1 N–H and O–H groups in total. The van der Waals surface area contributed by atoms with Crippen molar-refractivity contribution in [1.29, 1.82) is 0 Å². The summed E-state index contributed by atoms with van der Waals surface area (Å²) in [5, 5.41) is 9.19. The summed E-state index contributed by atoms with van der Waals surface area (Å²) in [5.74, 6) is 0.222. The molecule has 1 aromatic rings. The third-order valence-corrected chi connectivity index (χ3v) is 3.08. The zero-order valence-electron chi connectivity index (χ0n) is 10.3. The molecule has 1 atom stereocenters. The van der Waals surface area contributed by atoms with Gasteiger partial charge in [0, 0.05) is 26.2 Å². The van der Waals surface area contributed by atoms with Gasteiger partial charge in [-0.2, -0.15) is 0 Å². The average Bonchev–Trinajstić information content (AvgIpc) is 2.57. The Balaban J connectivity index is 1.94. The third-order valence-electron chi connectivity index (χ3n) is 3.08. The molecule has 0 aromatic carbocycles. The van der Waals surface area contributed by atoms with E-state index in [2.05, 4.69) is 16.8 Å². The molecular formula is C13H20N2O2. The minimum absolute atomic E-state index is 0.222. The van der Waals surface area contributed by atoms with Gasteiger partial charge in [0.25, 0.3) is 0 Å². The van der Waals surface area contributed by atoms with E-state index in [0.29, 0.717) is 6.10 Å². The van der Waals surface area contributed by atoms with Crippen LogP contribution >= 0.6 is 0 Å². The highest BCUT2D eigenvalue weighted by Gasteiger charge is 2.17. The van der Waals surface area contributed by atoms with Gasteiger partial charge in [0.2, 0.25) is 0 Å². The van der Waals surface area contributed by atoms with Crippen molar-refractivity contribution in [3.05, 3.63) is 24.0 Å². The summed E-state index contributed by atoms with van der Waals surface area (Å²) in [5.41, 5.74) is 1.000. The lowest BCUT2D eigenvalue weighted by Crippen LogP contribution is -2.31. The number of aromatic hydroxyl groups is 1. The van der Waals surface area contributed by atoms with Crippen LogP contribution in [0.2, 0.25) is 0 Å². The molecule has 0 aliphatic carbocycles.